The van der Waals surface area contributed by atoms with Gasteiger partial charge in [0.1, 0.15) is 5.75 Å². The van der Waals surface area contributed by atoms with E-state index in [1.807, 2.05) is 12.1 Å². The largest absolute Gasteiger partial charge is 0.507 e. The average Bonchev–Trinajstić information content (AvgIpc) is 2.78. The van der Waals surface area contributed by atoms with Crippen molar-refractivity contribution in [2.45, 2.75) is 66.7 Å². The van der Waals surface area contributed by atoms with Gasteiger partial charge in [-0.15, -0.1) is 0 Å². The molecule has 1 aliphatic rings. The van der Waals surface area contributed by atoms with Crippen molar-refractivity contribution in [1.29, 1.82) is 0 Å². The van der Waals surface area contributed by atoms with Gasteiger partial charge < -0.3 is 5.11 Å². The first-order valence-electron chi connectivity index (χ1n) is 9.82. The van der Waals surface area contributed by atoms with E-state index in [0.717, 1.165) is 16.7 Å². The van der Waals surface area contributed by atoms with Gasteiger partial charge in [-0.3, -0.25) is 0 Å². The van der Waals surface area contributed by atoms with Gasteiger partial charge in [-0.2, -0.15) is 0 Å². The number of aromatic hydroxyl groups is 1. The zero-order valence-corrected chi connectivity index (χ0v) is 18.0. The van der Waals surface area contributed by atoms with Gasteiger partial charge in [-0.05, 0) is 67.9 Å². The van der Waals surface area contributed by atoms with E-state index >= 15 is 0 Å². The fourth-order valence-corrected chi connectivity index (χ4v) is 4.35. The third-order valence-corrected chi connectivity index (χ3v) is 6.26. The zero-order valence-electron chi connectivity index (χ0n) is 18.0. The van der Waals surface area contributed by atoms with E-state index in [4.69, 9.17) is 0 Å². The van der Waals surface area contributed by atoms with Crippen molar-refractivity contribution >= 4 is 0 Å². The van der Waals surface area contributed by atoms with E-state index in [-0.39, 0.29) is 11.3 Å². The Morgan fingerprint density at radius 1 is 0.778 bits per heavy atom. The summed E-state index contributed by atoms with van der Waals surface area (Å²) in [5, 5.41) is 11.1. The molecule has 1 aliphatic carbocycles. The summed E-state index contributed by atoms with van der Waals surface area (Å²) in [6.07, 6.45) is 0. The molecule has 27 heavy (non-hydrogen) atoms. The number of phenolic OH excluding ortho intramolecular Hbond substituents is 1. The molecular weight excluding hydrogens is 328 g/mol. The van der Waals surface area contributed by atoms with Crippen LogP contribution in [0.1, 0.15) is 71.1 Å². The van der Waals surface area contributed by atoms with Crippen molar-refractivity contribution in [2.24, 2.45) is 0 Å². The molecule has 0 bridgehead atoms. The Morgan fingerprint density at radius 2 is 1.37 bits per heavy atom. The predicted molar refractivity (Wildman–Crippen MR) is 116 cm³/mol. The highest BCUT2D eigenvalue weighted by molar-refractivity contribution is 5.77. The lowest BCUT2D eigenvalue weighted by Crippen LogP contribution is -2.11. The second kappa shape index (κ2) is 6.71. The van der Waals surface area contributed by atoms with Gasteiger partial charge in [-0.1, -0.05) is 73.9 Å². The minimum atomic E-state index is -0.100. The van der Waals surface area contributed by atoms with Gasteiger partial charge in [0.2, 0.25) is 0 Å². The average molecular weight is 361 g/mol. The van der Waals surface area contributed by atoms with Crippen molar-refractivity contribution < 1.29 is 5.11 Å². The monoisotopic (exact) mass is 360 g/mol. The third-order valence-electron chi connectivity index (χ3n) is 6.26. The van der Waals surface area contributed by atoms with Crippen LogP contribution in [0.4, 0.5) is 0 Å². The fraction of sp³-hybridized carbons (Fsp3) is 0.385. The molecule has 0 fully saturated rings. The van der Waals surface area contributed by atoms with E-state index in [1.54, 1.807) is 0 Å². The number of aryl methyl sites for hydroxylation is 1. The number of para-hydroxylation sites is 1. The molecule has 0 unspecified atom stereocenters. The molecule has 0 spiro atoms. The van der Waals surface area contributed by atoms with E-state index in [2.05, 4.69) is 79.7 Å². The van der Waals surface area contributed by atoms with E-state index in [9.17, 15) is 5.11 Å². The summed E-state index contributed by atoms with van der Waals surface area (Å²) >= 11 is 0. The number of rotatable bonds is 2. The molecule has 1 N–H and O–H groups in total. The topological polar surface area (TPSA) is 20.2 Å². The number of benzene rings is 2. The van der Waals surface area contributed by atoms with Crippen molar-refractivity contribution in [1.82, 2.24) is 0 Å². The lowest BCUT2D eigenvalue weighted by Gasteiger charge is -2.25. The number of phenols is 1. The second-order valence-corrected chi connectivity index (χ2v) is 9.09. The van der Waals surface area contributed by atoms with Gasteiger partial charge in [0, 0.05) is 11.5 Å². The molecule has 0 amide bonds. The van der Waals surface area contributed by atoms with Crippen LogP contribution >= 0.6 is 0 Å². The Labute approximate surface area is 164 Å². The minimum Gasteiger partial charge on any atom is -0.507 e. The number of hydrogen-bond acceptors (Lipinski definition) is 1. The quantitative estimate of drug-likeness (QED) is 0.590. The number of allylic oxidation sites excluding steroid dienone is 4. The minimum absolute atomic E-state index is 0.100. The normalized spacial score (nSPS) is 15.9. The summed E-state index contributed by atoms with van der Waals surface area (Å²) in [5.74, 6) is 0.697. The lowest BCUT2D eigenvalue weighted by atomic mass is 9.80. The van der Waals surface area contributed by atoms with Gasteiger partial charge in [0.15, 0.2) is 0 Å². The first-order chi connectivity index (χ1) is 12.5. The number of hydrogen-bond donors (Lipinski definition) is 1. The molecule has 2 aromatic rings. The molecule has 1 nitrogen and oxygen atoms in total. The second-order valence-electron chi connectivity index (χ2n) is 9.09. The van der Waals surface area contributed by atoms with Crippen LogP contribution in [-0.4, -0.2) is 5.11 Å². The fourth-order valence-electron chi connectivity index (χ4n) is 4.35. The molecule has 0 radical (unpaired) electrons. The molecule has 0 aromatic heterocycles. The predicted octanol–water partition coefficient (Wildman–Crippen LogP) is 7.44. The first-order valence-corrected chi connectivity index (χ1v) is 9.82. The molecule has 3 rings (SSSR count). The maximum absolute atomic E-state index is 11.1. The van der Waals surface area contributed by atoms with Crippen LogP contribution in [0.3, 0.4) is 0 Å². The molecule has 1 heteroatoms. The molecule has 142 valence electrons. The van der Waals surface area contributed by atoms with Crippen LogP contribution in [0, 0.1) is 6.92 Å². The molecule has 0 heterocycles. The van der Waals surface area contributed by atoms with Crippen LogP contribution < -0.4 is 0 Å². The highest BCUT2D eigenvalue weighted by Crippen LogP contribution is 2.48. The SMILES string of the molecule is CC1=C(C)C(c2cc(C)ccc2-c2cccc(C(C)(C)C)c2O)C(C)=C1C. The summed E-state index contributed by atoms with van der Waals surface area (Å²) in [6, 6.07) is 12.8. The molecule has 0 aliphatic heterocycles. The van der Waals surface area contributed by atoms with Crippen LogP contribution in [0.5, 0.6) is 5.75 Å². The maximum Gasteiger partial charge on any atom is 0.127 e. The Morgan fingerprint density at radius 3 is 1.93 bits per heavy atom. The van der Waals surface area contributed by atoms with Gasteiger partial charge in [0.25, 0.3) is 0 Å². The summed E-state index contributed by atoms with van der Waals surface area (Å²) in [5.41, 5.74) is 11.1. The van der Waals surface area contributed by atoms with E-state index < -0.39 is 0 Å². The molecule has 2 aromatic carbocycles. The molecule has 0 atom stereocenters. The molecule has 0 saturated carbocycles. The van der Waals surface area contributed by atoms with Crippen molar-refractivity contribution in [2.75, 3.05) is 0 Å². The Hall–Kier alpha value is -2.28. The van der Waals surface area contributed by atoms with Crippen molar-refractivity contribution in [3.63, 3.8) is 0 Å². The van der Waals surface area contributed by atoms with E-state index in [0.29, 0.717) is 5.75 Å². The highest BCUT2D eigenvalue weighted by atomic mass is 16.3. The maximum atomic E-state index is 11.1. The standard InChI is InChI=1S/C26H32O/c1-15-12-13-20(21-10-9-11-23(25(21)27)26(6,7)8)22(14-15)24-18(4)16(2)17(3)19(24)5/h9-14,24,27H,1-8H3. The van der Waals surface area contributed by atoms with E-state index in [1.165, 1.54) is 33.4 Å². The van der Waals surface area contributed by atoms with Crippen molar-refractivity contribution in [3.05, 3.63) is 75.4 Å². The zero-order chi connectivity index (χ0) is 20.1. The Kier molecular flexibility index (Phi) is 4.84. The lowest BCUT2D eigenvalue weighted by molar-refractivity contribution is 0.448. The third kappa shape index (κ3) is 3.25. The summed E-state index contributed by atoms with van der Waals surface area (Å²) < 4.78 is 0. The highest BCUT2D eigenvalue weighted by Gasteiger charge is 2.29. The first kappa shape index (κ1) is 19.5. The van der Waals surface area contributed by atoms with Crippen LogP contribution in [0.15, 0.2) is 58.7 Å². The van der Waals surface area contributed by atoms with Gasteiger partial charge in [-0.25, -0.2) is 0 Å². The summed E-state index contributed by atoms with van der Waals surface area (Å²) in [4.78, 5) is 0. The smallest absolute Gasteiger partial charge is 0.127 e. The van der Waals surface area contributed by atoms with Crippen LogP contribution in [0.2, 0.25) is 0 Å². The molecule has 0 saturated heterocycles. The molecular formula is C26H32O. The van der Waals surface area contributed by atoms with Gasteiger partial charge in [0.05, 0.1) is 0 Å². The van der Waals surface area contributed by atoms with Crippen LogP contribution in [-0.2, 0) is 5.41 Å². The van der Waals surface area contributed by atoms with Crippen LogP contribution in [0.25, 0.3) is 11.1 Å². The Balaban J connectivity index is 2.27. The van der Waals surface area contributed by atoms with Crippen molar-refractivity contribution in [3.8, 4) is 16.9 Å². The summed E-state index contributed by atoms with van der Waals surface area (Å²) in [6.45, 7) is 17.5. The summed E-state index contributed by atoms with van der Waals surface area (Å²) in [7, 11) is 0. The van der Waals surface area contributed by atoms with Gasteiger partial charge >= 0.3 is 0 Å². The Bertz CT molecular complexity index is 940.